The van der Waals surface area contributed by atoms with Gasteiger partial charge < -0.3 is 23.7 Å². The van der Waals surface area contributed by atoms with E-state index < -0.39 is 12.0 Å². The zero-order chi connectivity index (χ0) is 24.4. The van der Waals surface area contributed by atoms with Gasteiger partial charge in [0.05, 0.1) is 25.7 Å². The van der Waals surface area contributed by atoms with Gasteiger partial charge in [-0.3, -0.25) is 4.79 Å². The first kappa shape index (κ1) is 23.7. The van der Waals surface area contributed by atoms with E-state index in [0.717, 1.165) is 16.9 Å². The summed E-state index contributed by atoms with van der Waals surface area (Å²) in [6.45, 7) is 10.6. The SMILES string of the molecule is C=CCOC1=C(CC=C(C)C)[C@@H](C)C2=C(C=C1)C(=O)[C@H]1c3cc(OC)c(OC)cc3OC[C@H]1O2. The number of hydrogen-bond acceptors (Lipinski definition) is 6. The molecule has 6 nitrogen and oxygen atoms in total. The lowest BCUT2D eigenvalue weighted by molar-refractivity contribution is -0.124. The van der Waals surface area contributed by atoms with Crippen LogP contribution < -0.4 is 14.2 Å². The van der Waals surface area contributed by atoms with Gasteiger partial charge in [-0.05, 0) is 44.1 Å². The number of allylic oxidation sites excluding steroid dienone is 6. The molecular formula is C28H32O6. The van der Waals surface area contributed by atoms with Crippen molar-refractivity contribution in [3.63, 3.8) is 0 Å². The Kier molecular flexibility index (Phi) is 6.87. The molecule has 0 fully saturated rings. The number of benzene rings is 1. The van der Waals surface area contributed by atoms with Crippen LogP contribution in [0, 0.1) is 5.92 Å². The fourth-order valence-electron chi connectivity index (χ4n) is 4.66. The van der Waals surface area contributed by atoms with Gasteiger partial charge in [-0.1, -0.05) is 31.2 Å². The van der Waals surface area contributed by atoms with E-state index in [-0.39, 0.29) is 18.3 Å². The van der Waals surface area contributed by atoms with Gasteiger partial charge >= 0.3 is 0 Å². The van der Waals surface area contributed by atoms with Gasteiger partial charge in [-0.15, -0.1) is 0 Å². The van der Waals surface area contributed by atoms with Crippen LogP contribution in [0.2, 0.25) is 0 Å². The first-order valence-corrected chi connectivity index (χ1v) is 11.5. The molecule has 180 valence electrons. The van der Waals surface area contributed by atoms with Crippen molar-refractivity contribution in [2.24, 2.45) is 5.92 Å². The van der Waals surface area contributed by atoms with Crippen molar-refractivity contribution in [1.29, 1.82) is 0 Å². The molecule has 0 N–H and O–H groups in total. The highest BCUT2D eigenvalue weighted by Crippen LogP contribution is 2.48. The van der Waals surface area contributed by atoms with Gasteiger partial charge in [-0.2, -0.15) is 0 Å². The lowest BCUT2D eigenvalue weighted by atomic mass is 9.80. The first-order valence-electron chi connectivity index (χ1n) is 11.5. The summed E-state index contributed by atoms with van der Waals surface area (Å²) in [6, 6.07) is 3.59. The Balaban J connectivity index is 1.76. The van der Waals surface area contributed by atoms with E-state index in [1.54, 1.807) is 26.4 Å². The van der Waals surface area contributed by atoms with Gasteiger partial charge in [0, 0.05) is 17.5 Å². The van der Waals surface area contributed by atoms with Crippen LogP contribution in [0.4, 0.5) is 0 Å². The third-order valence-corrected chi connectivity index (χ3v) is 6.44. The molecule has 2 aliphatic heterocycles. The van der Waals surface area contributed by atoms with Crippen LogP contribution in [0.15, 0.2) is 71.3 Å². The summed E-state index contributed by atoms with van der Waals surface area (Å²) in [4.78, 5) is 13.9. The van der Waals surface area contributed by atoms with Crippen molar-refractivity contribution in [3.05, 3.63) is 76.8 Å². The van der Waals surface area contributed by atoms with Gasteiger partial charge in [0.1, 0.15) is 36.6 Å². The van der Waals surface area contributed by atoms with E-state index in [0.29, 0.717) is 41.6 Å². The van der Waals surface area contributed by atoms with Crippen molar-refractivity contribution >= 4 is 5.78 Å². The van der Waals surface area contributed by atoms with Crippen LogP contribution >= 0.6 is 0 Å². The van der Waals surface area contributed by atoms with Crippen LogP contribution in [-0.2, 0) is 14.3 Å². The number of ether oxygens (including phenoxy) is 5. The first-order chi connectivity index (χ1) is 16.4. The number of fused-ring (bicyclic) bond motifs is 3. The van der Waals surface area contributed by atoms with E-state index in [4.69, 9.17) is 23.7 Å². The highest BCUT2D eigenvalue weighted by Gasteiger charge is 2.45. The molecule has 6 heteroatoms. The van der Waals surface area contributed by atoms with Crippen LogP contribution in [0.25, 0.3) is 0 Å². The lowest BCUT2D eigenvalue weighted by Crippen LogP contribution is -2.42. The third kappa shape index (κ3) is 4.25. The van der Waals surface area contributed by atoms with E-state index in [2.05, 4.69) is 33.4 Å². The predicted molar refractivity (Wildman–Crippen MR) is 130 cm³/mol. The molecule has 0 radical (unpaired) electrons. The number of carbonyl (C=O) groups is 1. The molecule has 4 rings (SSSR count). The molecule has 0 unspecified atom stereocenters. The maximum atomic E-state index is 13.9. The molecule has 0 aromatic heterocycles. The van der Waals surface area contributed by atoms with Crippen molar-refractivity contribution in [3.8, 4) is 17.2 Å². The minimum absolute atomic E-state index is 0.0117. The maximum Gasteiger partial charge on any atom is 0.177 e. The summed E-state index contributed by atoms with van der Waals surface area (Å²) >= 11 is 0. The highest BCUT2D eigenvalue weighted by molar-refractivity contribution is 6.05. The molecule has 3 aliphatic rings. The number of carbonyl (C=O) groups excluding carboxylic acids is 1. The molecule has 0 amide bonds. The Labute approximate surface area is 201 Å². The summed E-state index contributed by atoms with van der Waals surface area (Å²) in [7, 11) is 3.15. The number of ketones is 1. The number of Topliss-reactive ketones (excluding diaryl/α,β-unsaturated/α-hetero) is 1. The molecule has 1 aliphatic carbocycles. The molecule has 1 aromatic carbocycles. The average molecular weight is 465 g/mol. The summed E-state index contributed by atoms with van der Waals surface area (Å²) in [5.41, 5.74) is 3.60. The maximum absolute atomic E-state index is 13.9. The Bertz CT molecular complexity index is 1120. The standard InChI is InChI=1S/C28H32O6/c1-7-12-32-21-11-10-19-27(29)26-20-13-23(30-5)24(31-6)14-22(20)33-15-25(26)34-28(19)17(4)18(21)9-8-16(2)3/h7-8,10-11,13-14,17,25-26H,1,9,12,15H2,2-6H3/t17-,25-,26+/m1/s1. The quantitative estimate of drug-likeness (QED) is 0.502. The Morgan fingerprint density at radius 2 is 1.91 bits per heavy atom. The smallest absolute Gasteiger partial charge is 0.177 e. The number of hydrogen-bond donors (Lipinski definition) is 0. The molecule has 0 saturated heterocycles. The summed E-state index contributed by atoms with van der Waals surface area (Å²) < 4.78 is 29.4. The van der Waals surface area contributed by atoms with Gasteiger partial charge in [0.2, 0.25) is 0 Å². The molecule has 2 heterocycles. The van der Waals surface area contributed by atoms with Crippen molar-refractivity contribution in [2.45, 2.75) is 39.2 Å². The van der Waals surface area contributed by atoms with Crippen LogP contribution in [0.1, 0.15) is 38.7 Å². The Hall–Kier alpha value is -3.41. The molecule has 3 atom stereocenters. The van der Waals surface area contributed by atoms with Gasteiger partial charge in [0.15, 0.2) is 17.3 Å². The van der Waals surface area contributed by atoms with Crippen molar-refractivity contribution < 1.29 is 28.5 Å². The van der Waals surface area contributed by atoms with E-state index in [1.165, 1.54) is 5.57 Å². The Morgan fingerprint density at radius 1 is 1.18 bits per heavy atom. The molecule has 1 aromatic rings. The second-order valence-corrected chi connectivity index (χ2v) is 8.86. The fraction of sp³-hybridized carbons (Fsp3) is 0.393. The summed E-state index contributed by atoms with van der Waals surface area (Å²) in [6.07, 6.45) is 7.87. The summed E-state index contributed by atoms with van der Waals surface area (Å²) in [5.74, 6) is 2.54. The second kappa shape index (κ2) is 9.84. The van der Waals surface area contributed by atoms with E-state index >= 15 is 0 Å². The molecule has 0 spiro atoms. The topological polar surface area (TPSA) is 63.2 Å². The molecule has 0 saturated carbocycles. The largest absolute Gasteiger partial charge is 0.493 e. The zero-order valence-electron chi connectivity index (χ0n) is 20.5. The summed E-state index contributed by atoms with van der Waals surface area (Å²) in [5, 5.41) is 0. The van der Waals surface area contributed by atoms with E-state index in [9.17, 15) is 4.79 Å². The minimum atomic E-state index is -0.490. The average Bonchev–Trinajstić information content (AvgIpc) is 2.96. The van der Waals surface area contributed by atoms with Gasteiger partial charge in [0.25, 0.3) is 0 Å². The molecule has 0 bridgehead atoms. The normalized spacial score (nSPS) is 23.0. The lowest BCUT2D eigenvalue weighted by Gasteiger charge is -2.39. The third-order valence-electron chi connectivity index (χ3n) is 6.44. The van der Waals surface area contributed by atoms with Crippen molar-refractivity contribution in [2.75, 3.05) is 27.4 Å². The van der Waals surface area contributed by atoms with Gasteiger partial charge in [-0.25, -0.2) is 0 Å². The second-order valence-electron chi connectivity index (χ2n) is 8.86. The van der Waals surface area contributed by atoms with Crippen LogP contribution in [0.3, 0.4) is 0 Å². The van der Waals surface area contributed by atoms with Crippen LogP contribution in [-0.4, -0.2) is 39.3 Å². The Morgan fingerprint density at radius 3 is 2.59 bits per heavy atom. The molecular weight excluding hydrogens is 432 g/mol. The highest BCUT2D eigenvalue weighted by atomic mass is 16.5. The fourth-order valence-corrected chi connectivity index (χ4v) is 4.66. The van der Waals surface area contributed by atoms with E-state index in [1.807, 2.05) is 18.2 Å². The predicted octanol–water partition coefficient (Wildman–Crippen LogP) is 5.42. The zero-order valence-corrected chi connectivity index (χ0v) is 20.5. The minimum Gasteiger partial charge on any atom is -0.493 e. The van der Waals surface area contributed by atoms with Crippen LogP contribution in [0.5, 0.6) is 17.2 Å². The number of methoxy groups -OCH3 is 2. The number of rotatable bonds is 7. The molecule has 34 heavy (non-hydrogen) atoms. The monoisotopic (exact) mass is 464 g/mol. The van der Waals surface area contributed by atoms with Crippen molar-refractivity contribution in [1.82, 2.24) is 0 Å².